The zero-order valence-corrected chi connectivity index (χ0v) is 20.2. The number of ether oxygens (including phenoxy) is 1. The Morgan fingerprint density at radius 3 is 2.38 bits per heavy atom. The van der Waals surface area contributed by atoms with Crippen LogP contribution in [0.3, 0.4) is 0 Å². The zero-order chi connectivity index (χ0) is 24.7. The molecule has 180 valence electrons. The molecule has 0 radical (unpaired) electrons. The first-order valence-corrected chi connectivity index (χ1v) is 12.5. The van der Waals surface area contributed by atoms with Crippen LogP contribution in [0.25, 0.3) is 0 Å². The fraction of sp³-hybridized carbons (Fsp3) is 0.240. The molecule has 2 atom stereocenters. The van der Waals surface area contributed by atoms with Crippen LogP contribution in [0.5, 0.6) is 0 Å². The van der Waals surface area contributed by atoms with Crippen molar-refractivity contribution in [1.29, 1.82) is 0 Å². The van der Waals surface area contributed by atoms with Gasteiger partial charge in [-0.2, -0.15) is 8.42 Å². The van der Waals surface area contributed by atoms with Crippen LogP contribution in [0, 0.1) is 6.92 Å². The average molecular weight is 503 g/mol. The lowest BCUT2D eigenvalue weighted by atomic mass is 10.0. The van der Waals surface area contributed by atoms with E-state index in [2.05, 4.69) is 0 Å². The summed E-state index contributed by atoms with van der Waals surface area (Å²) in [6.45, 7) is 2.69. The number of aryl methyl sites for hydroxylation is 1. The van der Waals surface area contributed by atoms with Crippen LogP contribution in [0.4, 0.5) is 4.79 Å². The number of rotatable bonds is 4. The van der Waals surface area contributed by atoms with Gasteiger partial charge in [-0.25, -0.2) is 4.79 Å². The molecule has 0 aliphatic carbocycles. The van der Waals surface area contributed by atoms with Crippen molar-refractivity contribution in [1.82, 2.24) is 4.90 Å². The zero-order valence-electron chi connectivity index (χ0n) is 18.7. The molecule has 3 aromatic rings. The van der Waals surface area contributed by atoms with Gasteiger partial charge in [0, 0.05) is 17.6 Å². The van der Waals surface area contributed by atoms with E-state index < -0.39 is 10.1 Å². The largest absolute Gasteiger partial charge is 0.445 e. The van der Waals surface area contributed by atoms with Gasteiger partial charge in [0.15, 0.2) is 0 Å². The quantitative estimate of drug-likeness (QED) is 0.486. The van der Waals surface area contributed by atoms with Gasteiger partial charge < -0.3 is 10.5 Å². The Hall–Kier alpha value is -2.91. The van der Waals surface area contributed by atoms with E-state index >= 15 is 0 Å². The minimum absolute atomic E-state index is 0.0666. The fourth-order valence-corrected chi connectivity index (χ4v) is 4.33. The third-order valence-corrected chi connectivity index (χ3v) is 6.50. The molecule has 34 heavy (non-hydrogen) atoms. The van der Waals surface area contributed by atoms with Gasteiger partial charge in [0.1, 0.15) is 6.61 Å². The SMILES string of the molecule is Cc1ccc(S(=O)(=O)O)cc1.N[C@@H]1CCN(C(=O)OCc2ccccc2)[C@H]1c1cccc(Cl)c1. The monoisotopic (exact) mass is 502 g/mol. The highest BCUT2D eigenvalue weighted by molar-refractivity contribution is 7.85. The molecule has 4 rings (SSSR count). The molecule has 9 heteroatoms. The highest BCUT2D eigenvalue weighted by atomic mass is 35.5. The Kier molecular flexibility index (Phi) is 8.68. The van der Waals surface area contributed by atoms with Crippen LogP contribution in [-0.2, 0) is 21.5 Å². The summed E-state index contributed by atoms with van der Waals surface area (Å²) < 4.78 is 35.0. The molecular weight excluding hydrogens is 476 g/mol. The van der Waals surface area contributed by atoms with E-state index in [-0.39, 0.29) is 29.7 Å². The molecule has 3 N–H and O–H groups in total. The number of likely N-dealkylation sites (tertiary alicyclic amines) is 1. The lowest BCUT2D eigenvalue weighted by Crippen LogP contribution is -2.36. The summed E-state index contributed by atoms with van der Waals surface area (Å²) in [5.74, 6) is 0. The lowest BCUT2D eigenvalue weighted by Gasteiger charge is -2.26. The van der Waals surface area contributed by atoms with Gasteiger partial charge in [-0.1, -0.05) is 71.8 Å². The molecule has 1 amide bonds. The van der Waals surface area contributed by atoms with E-state index in [1.54, 1.807) is 17.0 Å². The number of halogens is 1. The van der Waals surface area contributed by atoms with E-state index in [0.717, 1.165) is 23.1 Å². The lowest BCUT2D eigenvalue weighted by molar-refractivity contribution is 0.0908. The molecule has 1 saturated heterocycles. The van der Waals surface area contributed by atoms with Gasteiger partial charge in [0.25, 0.3) is 10.1 Å². The third-order valence-electron chi connectivity index (χ3n) is 5.39. The molecule has 0 aromatic heterocycles. The molecule has 1 aliphatic rings. The first-order chi connectivity index (χ1) is 16.1. The molecule has 3 aromatic carbocycles. The van der Waals surface area contributed by atoms with Gasteiger partial charge in [0.05, 0.1) is 10.9 Å². The topological polar surface area (TPSA) is 110 Å². The summed E-state index contributed by atoms with van der Waals surface area (Å²) in [5.41, 5.74) is 9.07. The Balaban J connectivity index is 0.000000248. The van der Waals surface area contributed by atoms with Crippen LogP contribution in [-0.4, -0.2) is 36.6 Å². The standard InChI is InChI=1S/C18H19ClN2O2.C7H8O3S/c19-15-8-4-7-14(11-15)17-16(20)9-10-21(17)18(22)23-12-13-5-2-1-3-6-13;1-6-2-4-7(5-3-6)11(8,9)10/h1-8,11,16-17H,9-10,12,20H2;2-5H,1H3,(H,8,9,10)/t16-,17+;/m1./s1. The second-order valence-corrected chi connectivity index (χ2v) is 9.83. The number of hydrogen-bond acceptors (Lipinski definition) is 5. The van der Waals surface area contributed by atoms with E-state index in [0.29, 0.717) is 11.6 Å². The minimum atomic E-state index is -4.02. The second-order valence-electron chi connectivity index (χ2n) is 7.97. The number of nitrogens with two attached hydrogens (primary N) is 1. The highest BCUT2D eigenvalue weighted by Gasteiger charge is 2.37. The molecule has 0 saturated carbocycles. The number of carbonyl (C=O) groups is 1. The van der Waals surface area contributed by atoms with E-state index in [1.807, 2.05) is 61.5 Å². The first kappa shape index (κ1) is 25.7. The highest BCUT2D eigenvalue weighted by Crippen LogP contribution is 2.33. The van der Waals surface area contributed by atoms with Crippen molar-refractivity contribution in [3.8, 4) is 0 Å². The number of amides is 1. The van der Waals surface area contributed by atoms with Gasteiger partial charge in [-0.15, -0.1) is 0 Å². The molecule has 0 unspecified atom stereocenters. The predicted octanol–water partition coefficient (Wildman–Crippen LogP) is 4.99. The summed E-state index contributed by atoms with van der Waals surface area (Å²) in [7, 11) is -4.02. The maximum atomic E-state index is 12.4. The van der Waals surface area contributed by atoms with Crippen molar-refractivity contribution >= 4 is 27.8 Å². The van der Waals surface area contributed by atoms with E-state index in [4.69, 9.17) is 26.6 Å². The molecule has 7 nitrogen and oxygen atoms in total. The fourth-order valence-electron chi connectivity index (χ4n) is 3.65. The summed E-state index contributed by atoms with van der Waals surface area (Å²) in [6.07, 6.45) is 0.407. The van der Waals surface area contributed by atoms with E-state index in [1.165, 1.54) is 12.1 Å². The van der Waals surface area contributed by atoms with Crippen LogP contribution < -0.4 is 5.73 Å². The Morgan fingerprint density at radius 2 is 1.76 bits per heavy atom. The Bertz CT molecular complexity index is 1200. The molecule has 1 heterocycles. The summed E-state index contributed by atoms with van der Waals surface area (Å²) in [4.78, 5) is 14.1. The van der Waals surface area contributed by atoms with E-state index in [9.17, 15) is 13.2 Å². The third kappa shape index (κ3) is 7.04. The van der Waals surface area contributed by atoms with Gasteiger partial charge in [0.2, 0.25) is 0 Å². The predicted molar refractivity (Wildman–Crippen MR) is 131 cm³/mol. The van der Waals surface area contributed by atoms with Crippen molar-refractivity contribution < 1.29 is 22.5 Å². The van der Waals surface area contributed by atoms with Gasteiger partial charge in [-0.3, -0.25) is 9.45 Å². The maximum absolute atomic E-state index is 12.4. The van der Waals surface area contributed by atoms with Crippen molar-refractivity contribution in [3.05, 3.63) is 101 Å². The Labute approximate surface area is 204 Å². The number of carbonyl (C=O) groups excluding carboxylic acids is 1. The first-order valence-electron chi connectivity index (χ1n) is 10.7. The number of hydrogen-bond donors (Lipinski definition) is 2. The van der Waals surface area contributed by atoms with Crippen LogP contribution in [0.15, 0.2) is 83.8 Å². The molecule has 1 aliphatic heterocycles. The normalized spacial score (nSPS) is 17.6. The van der Waals surface area contributed by atoms with Gasteiger partial charge in [-0.05, 0) is 48.7 Å². The summed E-state index contributed by atoms with van der Waals surface area (Å²) in [5, 5.41) is 0.638. The maximum Gasteiger partial charge on any atom is 0.410 e. The molecule has 1 fully saturated rings. The smallest absolute Gasteiger partial charge is 0.410 e. The van der Waals surface area contributed by atoms with Crippen LogP contribution in [0.2, 0.25) is 5.02 Å². The van der Waals surface area contributed by atoms with Crippen LogP contribution >= 0.6 is 11.6 Å². The van der Waals surface area contributed by atoms with Gasteiger partial charge >= 0.3 is 6.09 Å². The summed E-state index contributed by atoms with van der Waals surface area (Å²) in [6, 6.07) is 22.8. The number of benzene rings is 3. The Morgan fingerprint density at radius 1 is 1.09 bits per heavy atom. The molecule has 0 spiro atoms. The van der Waals surface area contributed by atoms with Crippen molar-refractivity contribution in [3.63, 3.8) is 0 Å². The number of nitrogens with zero attached hydrogens (tertiary/aromatic N) is 1. The summed E-state index contributed by atoms with van der Waals surface area (Å²) >= 11 is 6.06. The molecule has 0 bridgehead atoms. The van der Waals surface area contributed by atoms with Crippen molar-refractivity contribution in [2.75, 3.05) is 6.54 Å². The average Bonchev–Trinajstić information content (AvgIpc) is 3.20. The second kappa shape index (κ2) is 11.5. The molecular formula is C25H27ClN2O5S. The van der Waals surface area contributed by atoms with Crippen molar-refractivity contribution in [2.24, 2.45) is 5.73 Å². The van der Waals surface area contributed by atoms with Crippen molar-refractivity contribution in [2.45, 2.75) is 36.9 Å². The minimum Gasteiger partial charge on any atom is -0.445 e. The van der Waals surface area contributed by atoms with Crippen LogP contribution in [0.1, 0.15) is 29.2 Å².